The van der Waals surface area contributed by atoms with Crippen LogP contribution >= 0.6 is 23.4 Å². The molecule has 0 aliphatic carbocycles. The lowest BCUT2D eigenvalue weighted by Crippen LogP contribution is -2.20. The Morgan fingerprint density at radius 2 is 2.04 bits per heavy atom. The maximum atomic E-state index is 12.1. The molecular weight excluding hydrogens is 360 g/mol. The molecule has 2 aromatic carbocycles. The van der Waals surface area contributed by atoms with Crippen LogP contribution in [0.1, 0.15) is 0 Å². The second-order valence-corrected chi connectivity index (χ2v) is 6.37. The van der Waals surface area contributed by atoms with Gasteiger partial charge in [0.05, 0.1) is 5.69 Å². The monoisotopic (exact) mass is 374 g/mol. The Morgan fingerprint density at radius 1 is 1.24 bits per heavy atom. The number of nitrogens with one attached hydrogen (secondary N) is 1. The highest BCUT2D eigenvalue weighted by Crippen LogP contribution is 2.26. The molecule has 0 atom stereocenters. The van der Waals surface area contributed by atoms with Crippen molar-refractivity contribution in [1.29, 1.82) is 0 Å². The number of halogens is 1. The van der Waals surface area contributed by atoms with E-state index in [1.165, 1.54) is 12.7 Å². The van der Waals surface area contributed by atoms with Crippen molar-refractivity contribution >= 4 is 35.0 Å². The van der Waals surface area contributed by atoms with Crippen LogP contribution in [0.2, 0.25) is 5.02 Å². The number of benzene rings is 2. The zero-order valence-electron chi connectivity index (χ0n) is 13.3. The number of amides is 1. The Morgan fingerprint density at radius 3 is 2.80 bits per heavy atom. The summed E-state index contributed by atoms with van der Waals surface area (Å²) < 4.78 is 7.32. The summed E-state index contributed by atoms with van der Waals surface area (Å²) in [5, 5.41) is 10.9. The molecule has 128 valence electrons. The van der Waals surface area contributed by atoms with Gasteiger partial charge in [-0.2, -0.15) is 0 Å². The maximum Gasteiger partial charge on any atom is 0.262 e. The quantitative estimate of drug-likeness (QED) is 0.667. The lowest BCUT2D eigenvalue weighted by Gasteiger charge is -2.12. The van der Waals surface area contributed by atoms with Crippen molar-refractivity contribution in [3.05, 3.63) is 60.1 Å². The fourth-order valence-electron chi connectivity index (χ4n) is 2.18. The molecule has 0 bridgehead atoms. The second-order valence-electron chi connectivity index (χ2n) is 5.05. The molecule has 1 amide bonds. The van der Waals surface area contributed by atoms with Gasteiger partial charge in [0.2, 0.25) is 0 Å². The Hall–Kier alpha value is -2.51. The number of aromatic nitrogens is 3. The molecular formula is C17H15ClN4O2S. The van der Waals surface area contributed by atoms with Gasteiger partial charge in [-0.1, -0.05) is 17.7 Å². The van der Waals surface area contributed by atoms with Gasteiger partial charge in [-0.15, -0.1) is 22.0 Å². The van der Waals surface area contributed by atoms with E-state index < -0.39 is 0 Å². The first-order valence-corrected chi connectivity index (χ1v) is 8.97. The number of ether oxygens (including phenoxy) is 1. The summed E-state index contributed by atoms with van der Waals surface area (Å²) in [6.07, 6.45) is 5.05. The molecule has 1 aromatic heterocycles. The van der Waals surface area contributed by atoms with Crippen LogP contribution in [-0.4, -0.2) is 33.5 Å². The van der Waals surface area contributed by atoms with Crippen molar-refractivity contribution in [3.63, 3.8) is 0 Å². The number of rotatable bonds is 6. The predicted molar refractivity (Wildman–Crippen MR) is 98.7 cm³/mol. The molecule has 0 fully saturated rings. The van der Waals surface area contributed by atoms with E-state index >= 15 is 0 Å². The average Bonchev–Trinajstić information content (AvgIpc) is 3.15. The third kappa shape index (κ3) is 4.52. The van der Waals surface area contributed by atoms with E-state index in [2.05, 4.69) is 15.5 Å². The van der Waals surface area contributed by atoms with Gasteiger partial charge in [0, 0.05) is 15.6 Å². The molecule has 3 rings (SSSR count). The smallest absolute Gasteiger partial charge is 0.262 e. The van der Waals surface area contributed by atoms with Crippen molar-refractivity contribution in [3.8, 4) is 11.4 Å². The Kier molecular flexibility index (Phi) is 5.57. The van der Waals surface area contributed by atoms with Gasteiger partial charge in [0.1, 0.15) is 18.4 Å². The van der Waals surface area contributed by atoms with Gasteiger partial charge in [0.25, 0.3) is 5.91 Å². The van der Waals surface area contributed by atoms with Crippen LogP contribution in [0.25, 0.3) is 5.69 Å². The topological polar surface area (TPSA) is 69.0 Å². The molecule has 0 radical (unpaired) electrons. The number of hydrogen-bond donors (Lipinski definition) is 1. The van der Waals surface area contributed by atoms with E-state index in [-0.39, 0.29) is 12.5 Å². The molecule has 3 aromatic rings. The largest absolute Gasteiger partial charge is 0.482 e. The summed E-state index contributed by atoms with van der Waals surface area (Å²) >= 11 is 7.65. The van der Waals surface area contributed by atoms with Crippen molar-refractivity contribution in [2.24, 2.45) is 0 Å². The van der Waals surface area contributed by atoms with Crippen molar-refractivity contribution in [2.45, 2.75) is 4.90 Å². The number of hydrogen-bond acceptors (Lipinski definition) is 5. The zero-order valence-corrected chi connectivity index (χ0v) is 14.9. The number of carbonyl (C=O) groups is 1. The van der Waals surface area contributed by atoms with E-state index in [1.54, 1.807) is 34.5 Å². The Balaban J connectivity index is 1.68. The molecule has 1 N–H and O–H groups in total. The highest BCUT2D eigenvalue weighted by atomic mass is 35.5. The van der Waals surface area contributed by atoms with E-state index in [0.717, 1.165) is 10.6 Å². The standard InChI is InChI=1S/C17H15ClN4O2S/c1-25-14-4-2-3-13(8-14)21-17(23)9-24-16-6-5-12(18)7-15(16)22-10-19-20-11-22/h2-8,10-11H,9H2,1H3,(H,21,23). The SMILES string of the molecule is CSc1cccc(NC(=O)COc2ccc(Cl)cc2-n2cnnc2)c1. The molecule has 0 aliphatic heterocycles. The van der Waals surface area contributed by atoms with Gasteiger partial charge in [0.15, 0.2) is 6.61 Å². The number of nitrogens with zero attached hydrogens (tertiary/aromatic N) is 3. The first-order valence-electron chi connectivity index (χ1n) is 7.37. The average molecular weight is 375 g/mol. The molecule has 1 heterocycles. The predicted octanol–water partition coefficient (Wildman–Crippen LogP) is 3.66. The van der Waals surface area contributed by atoms with Crippen molar-refractivity contribution in [1.82, 2.24) is 14.8 Å². The highest BCUT2D eigenvalue weighted by Gasteiger charge is 2.10. The highest BCUT2D eigenvalue weighted by molar-refractivity contribution is 7.98. The first kappa shape index (κ1) is 17.3. The van der Waals surface area contributed by atoms with E-state index in [4.69, 9.17) is 16.3 Å². The maximum absolute atomic E-state index is 12.1. The lowest BCUT2D eigenvalue weighted by molar-refractivity contribution is -0.118. The second kappa shape index (κ2) is 8.04. The summed E-state index contributed by atoms with van der Waals surface area (Å²) in [5.41, 5.74) is 1.39. The lowest BCUT2D eigenvalue weighted by atomic mass is 10.3. The van der Waals surface area contributed by atoms with Crippen LogP contribution < -0.4 is 10.1 Å². The van der Waals surface area contributed by atoms with Gasteiger partial charge < -0.3 is 10.1 Å². The van der Waals surface area contributed by atoms with Gasteiger partial charge in [-0.05, 0) is 42.7 Å². The molecule has 25 heavy (non-hydrogen) atoms. The van der Waals surface area contributed by atoms with Gasteiger partial charge >= 0.3 is 0 Å². The molecule has 0 aliphatic rings. The molecule has 0 saturated carbocycles. The third-order valence-electron chi connectivity index (χ3n) is 3.33. The fraction of sp³-hybridized carbons (Fsp3) is 0.118. The minimum Gasteiger partial charge on any atom is -0.482 e. The van der Waals surface area contributed by atoms with Crippen molar-refractivity contribution in [2.75, 3.05) is 18.2 Å². The van der Waals surface area contributed by atoms with Crippen LogP contribution in [0, 0.1) is 0 Å². The van der Waals surface area contributed by atoms with Gasteiger partial charge in [-0.25, -0.2) is 0 Å². The van der Waals surface area contributed by atoms with Crippen LogP contribution in [0.15, 0.2) is 60.0 Å². The number of thioether (sulfide) groups is 1. The summed E-state index contributed by atoms with van der Waals surface area (Å²) in [6, 6.07) is 12.8. The number of anilines is 1. The van der Waals surface area contributed by atoms with Crippen molar-refractivity contribution < 1.29 is 9.53 Å². The van der Waals surface area contributed by atoms with E-state index in [1.807, 2.05) is 30.5 Å². The molecule has 0 unspecified atom stereocenters. The fourth-order valence-corrected chi connectivity index (χ4v) is 2.81. The van der Waals surface area contributed by atoms with E-state index in [0.29, 0.717) is 16.5 Å². The van der Waals surface area contributed by atoms with Crippen LogP contribution in [0.3, 0.4) is 0 Å². The Bertz CT molecular complexity index is 871. The normalized spacial score (nSPS) is 10.5. The Labute approximate surface area is 154 Å². The summed E-state index contributed by atoms with van der Waals surface area (Å²) in [5.74, 6) is 0.264. The molecule has 6 nitrogen and oxygen atoms in total. The summed E-state index contributed by atoms with van der Waals surface area (Å²) in [4.78, 5) is 13.2. The van der Waals surface area contributed by atoms with E-state index in [9.17, 15) is 4.79 Å². The molecule has 0 spiro atoms. The minimum absolute atomic E-state index is 0.125. The van der Waals surface area contributed by atoms with Crippen LogP contribution in [-0.2, 0) is 4.79 Å². The summed E-state index contributed by atoms with van der Waals surface area (Å²) in [6.45, 7) is -0.125. The third-order valence-corrected chi connectivity index (χ3v) is 4.29. The van der Waals surface area contributed by atoms with Gasteiger partial charge in [-0.3, -0.25) is 9.36 Å². The van der Waals surface area contributed by atoms with Crippen LogP contribution in [0.4, 0.5) is 5.69 Å². The van der Waals surface area contributed by atoms with Crippen LogP contribution in [0.5, 0.6) is 5.75 Å². The first-order chi connectivity index (χ1) is 12.2. The minimum atomic E-state index is -0.247. The number of carbonyl (C=O) groups excluding carboxylic acids is 1. The molecule has 0 saturated heterocycles. The molecule has 8 heteroatoms. The zero-order chi connectivity index (χ0) is 17.6. The summed E-state index contributed by atoms with van der Waals surface area (Å²) in [7, 11) is 0.